The van der Waals surface area contributed by atoms with E-state index in [2.05, 4.69) is 10.3 Å². The lowest BCUT2D eigenvalue weighted by Gasteiger charge is -2.11. The van der Waals surface area contributed by atoms with Crippen LogP contribution < -0.4 is 5.32 Å². The summed E-state index contributed by atoms with van der Waals surface area (Å²) in [4.78, 5) is 28.0. The zero-order valence-electron chi connectivity index (χ0n) is 15.9. The third kappa shape index (κ3) is 5.51. The molecule has 29 heavy (non-hydrogen) atoms. The molecular formula is C20H22N2O5S2. The maximum absolute atomic E-state index is 12.9. The topological polar surface area (TPSA) is 113 Å². The molecule has 1 fully saturated rings. The summed E-state index contributed by atoms with van der Waals surface area (Å²) in [6.45, 7) is 0. The van der Waals surface area contributed by atoms with Crippen LogP contribution in [0.5, 0.6) is 0 Å². The number of allylic oxidation sites excluding steroid dienone is 1. The van der Waals surface area contributed by atoms with E-state index < -0.39 is 21.7 Å². The number of rotatable bonds is 7. The average molecular weight is 435 g/mol. The molecule has 1 amide bonds. The fraction of sp³-hybridized carbons (Fsp3) is 0.350. The number of carboxylic acid groups (broad SMARTS) is 1. The van der Waals surface area contributed by atoms with Crippen molar-refractivity contribution in [2.75, 3.05) is 11.6 Å². The number of aromatic carboxylic acids is 1. The Hall–Kier alpha value is -2.52. The molecule has 0 saturated heterocycles. The molecule has 2 N–H and O–H groups in total. The van der Waals surface area contributed by atoms with Crippen LogP contribution in [0.4, 0.5) is 5.13 Å². The molecule has 1 aromatic carbocycles. The molecule has 0 bridgehead atoms. The smallest absolute Gasteiger partial charge is 0.355 e. The first-order valence-electron chi connectivity index (χ1n) is 9.25. The number of nitrogens with zero attached hydrogens (tertiary/aromatic N) is 1. The molecule has 1 aliphatic carbocycles. The van der Waals surface area contributed by atoms with Crippen LogP contribution in [0.2, 0.25) is 0 Å². The fourth-order valence-electron chi connectivity index (χ4n) is 3.35. The summed E-state index contributed by atoms with van der Waals surface area (Å²) in [6, 6.07) is 6.18. The van der Waals surface area contributed by atoms with Crippen molar-refractivity contribution < 1.29 is 23.1 Å². The summed E-state index contributed by atoms with van der Waals surface area (Å²) < 4.78 is 23.4. The lowest BCUT2D eigenvalue weighted by atomic mass is 9.98. The van der Waals surface area contributed by atoms with Crippen molar-refractivity contribution in [2.24, 2.45) is 5.92 Å². The molecule has 3 rings (SSSR count). The van der Waals surface area contributed by atoms with Crippen molar-refractivity contribution in [2.45, 2.75) is 37.0 Å². The van der Waals surface area contributed by atoms with Crippen LogP contribution in [0.1, 0.15) is 48.2 Å². The van der Waals surface area contributed by atoms with Gasteiger partial charge in [0.2, 0.25) is 0 Å². The van der Waals surface area contributed by atoms with Gasteiger partial charge < -0.3 is 5.11 Å². The zero-order chi connectivity index (χ0) is 21.0. The summed E-state index contributed by atoms with van der Waals surface area (Å²) in [5.74, 6) is -1.02. The minimum atomic E-state index is -3.33. The molecule has 1 aromatic heterocycles. The molecule has 0 unspecified atom stereocenters. The van der Waals surface area contributed by atoms with Gasteiger partial charge >= 0.3 is 5.97 Å². The fourth-order valence-corrected chi connectivity index (χ4v) is 4.66. The van der Waals surface area contributed by atoms with Gasteiger partial charge in [-0.05, 0) is 30.0 Å². The predicted molar refractivity (Wildman–Crippen MR) is 112 cm³/mol. The van der Waals surface area contributed by atoms with E-state index in [1.165, 1.54) is 30.4 Å². The number of thiazole rings is 1. The third-order valence-corrected chi connectivity index (χ3v) is 6.80. The largest absolute Gasteiger partial charge is 0.476 e. The van der Waals surface area contributed by atoms with E-state index in [-0.39, 0.29) is 15.7 Å². The highest BCUT2D eigenvalue weighted by atomic mass is 32.2. The number of hydrogen-bond donors (Lipinski definition) is 2. The number of carbonyl (C=O) groups excluding carboxylic acids is 1. The summed E-state index contributed by atoms with van der Waals surface area (Å²) >= 11 is 1.04. The van der Waals surface area contributed by atoms with Gasteiger partial charge in [0.1, 0.15) is 0 Å². The van der Waals surface area contributed by atoms with Crippen LogP contribution in [0.15, 0.2) is 40.6 Å². The number of nitrogens with one attached hydrogen (secondary N) is 1. The van der Waals surface area contributed by atoms with Gasteiger partial charge in [-0.2, -0.15) is 0 Å². The molecule has 0 spiro atoms. The van der Waals surface area contributed by atoms with Gasteiger partial charge in [0.05, 0.1) is 4.90 Å². The highest BCUT2D eigenvalue weighted by molar-refractivity contribution is 7.90. The van der Waals surface area contributed by atoms with Crippen LogP contribution in [0, 0.1) is 5.92 Å². The van der Waals surface area contributed by atoms with Gasteiger partial charge in [-0.1, -0.05) is 43.9 Å². The van der Waals surface area contributed by atoms with Crippen molar-refractivity contribution in [3.05, 3.63) is 47.0 Å². The molecule has 1 aliphatic rings. The SMILES string of the molecule is CS(=O)(=O)c1ccc(/C(=C\CC2CCCC2)C(=O)Nc2nc(C(=O)O)cs2)cc1. The quantitative estimate of drug-likeness (QED) is 0.640. The van der Waals surface area contributed by atoms with Crippen molar-refractivity contribution >= 4 is 43.8 Å². The standard InChI is InChI=1S/C20H22N2O5S2/c1-29(26,27)15-9-7-14(8-10-15)16(11-6-13-4-2-3-5-13)18(23)22-20-21-17(12-28-20)19(24)25/h7-13H,2-6H2,1H3,(H,24,25)(H,21,22,23)/b16-11+. The Morgan fingerprint density at radius 1 is 1.24 bits per heavy atom. The lowest BCUT2D eigenvalue weighted by molar-refractivity contribution is -0.111. The molecule has 1 heterocycles. The van der Waals surface area contributed by atoms with Gasteiger partial charge in [-0.3, -0.25) is 10.1 Å². The van der Waals surface area contributed by atoms with Crippen LogP contribution in [-0.4, -0.2) is 36.6 Å². The summed E-state index contributed by atoms with van der Waals surface area (Å²) in [6.07, 6.45) is 8.43. The van der Waals surface area contributed by atoms with Crippen molar-refractivity contribution in [3.8, 4) is 0 Å². The second-order valence-corrected chi connectivity index (χ2v) is 9.97. The minimum Gasteiger partial charge on any atom is -0.476 e. The van der Waals surface area contributed by atoms with E-state index in [0.29, 0.717) is 17.1 Å². The first-order valence-corrected chi connectivity index (χ1v) is 12.0. The molecule has 0 radical (unpaired) electrons. The monoisotopic (exact) mass is 434 g/mol. The summed E-state index contributed by atoms with van der Waals surface area (Å²) in [5, 5.41) is 13.2. The minimum absolute atomic E-state index is 0.126. The summed E-state index contributed by atoms with van der Waals surface area (Å²) in [5.41, 5.74) is 0.895. The van der Waals surface area contributed by atoms with E-state index in [4.69, 9.17) is 5.11 Å². The lowest BCUT2D eigenvalue weighted by Crippen LogP contribution is -2.14. The van der Waals surface area contributed by atoms with Crippen LogP contribution in [0.25, 0.3) is 5.57 Å². The number of carboxylic acids is 1. The molecular weight excluding hydrogens is 412 g/mol. The number of benzene rings is 1. The first kappa shape index (κ1) is 21.2. The average Bonchev–Trinajstić information content (AvgIpc) is 3.33. The maximum Gasteiger partial charge on any atom is 0.355 e. The Morgan fingerprint density at radius 2 is 1.90 bits per heavy atom. The Morgan fingerprint density at radius 3 is 2.45 bits per heavy atom. The second-order valence-electron chi connectivity index (χ2n) is 7.10. The third-order valence-electron chi connectivity index (χ3n) is 4.91. The molecule has 7 nitrogen and oxygen atoms in total. The van der Waals surface area contributed by atoms with Crippen LogP contribution in [0.3, 0.4) is 0 Å². The van der Waals surface area contributed by atoms with E-state index >= 15 is 0 Å². The van der Waals surface area contributed by atoms with E-state index in [0.717, 1.165) is 36.9 Å². The van der Waals surface area contributed by atoms with Crippen LogP contribution >= 0.6 is 11.3 Å². The van der Waals surface area contributed by atoms with Gasteiger partial charge in [0.25, 0.3) is 5.91 Å². The van der Waals surface area contributed by atoms with Crippen molar-refractivity contribution in [1.82, 2.24) is 4.98 Å². The zero-order valence-corrected chi connectivity index (χ0v) is 17.6. The molecule has 1 saturated carbocycles. The van der Waals surface area contributed by atoms with Gasteiger partial charge in [-0.25, -0.2) is 18.2 Å². The van der Waals surface area contributed by atoms with E-state index in [9.17, 15) is 18.0 Å². The second kappa shape index (κ2) is 8.87. The number of aromatic nitrogens is 1. The number of hydrogen-bond acceptors (Lipinski definition) is 6. The number of anilines is 1. The Kier molecular flexibility index (Phi) is 6.49. The highest BCUT2D eigenvalue weighted by Gasteiger charge is 2.19. The number of sulfone groups is 1. The molecule has 0 aliphatic heterocycles. The van der Waals surface area contributed by atoms with E-state index in [1.54, 1.807) is 12.1 Å². The first-order chi connectivity index (χ1) is 13.7. The molecule has 154 valence electrons. The summed E-state index contributed by atoms with van der Waals surface area (Å²) in [7, 11) is -3.33. The van der Waals surface area contributed by atoms with E-state index in [1.807, 2.05) is 6.08 Å². The molecule has 9 heteroatoms. The van der Waals surface area contributed by atoms with Crippen molar-refractivity contribution in [1.29, 1.82) is 0 Å². The van der Waals surface area contributed by atoms with Gasteiger partial charge in [0.15, 0.2) is 20.7 Å². The normalized spacial score (nSPS) is 15.4. The highest BCUT2D eigenvalue weighted by Crippen LogP contribution is 2.30. The Balaban J connectivity index is 1.86. The Bertz CT molecular complexity index is 1030. The van der Waals surface area contributed by atoms with Gasteiger partial charge in [0, 0.05) is 17.2 Å². The van der Waals surface area contributed by atoms with Crippen LogP contribution in [-0.2, 0) is 14.6 Å². The number of carbonyl (C=O) groups is 2. The number of amides is 1. The molecule has 0 atom stereocenters. The molecule has 2 aromatic rings. The predicted octanol–water partition coefficient (Wildman–Crippen LogP) is 3.85. The van der Waals surface area contributed by atoms with Crippen molar-refractivity contribution in [3.63, 3.8) is 0 Å². The Labute approximate surface area is 173 Å². The maximum atomic E-state index is 12.9. The van der Waals surface area contributed by atoms with Gasteiger partial charge in [-0.15, -0.1) is 11.3 Å².